The summed E-state index contributed by atoms with van der Waals surface area (Å²) in [6.07, 6.45) is 0. The third kappa shape index (κ3) is 3.73. The quantitative estimate of drug-likeness (QED) is 0.893. The molecule has 0 amide bonds. The van der Waals surface area contributed by atoms with Gasteiger partial charge in [0.15, 0.2) is 0 Å². The minimum atomic E-state index is 0.0486. The monoisotopic (exact) mass is 257 g/mol. The number of hydrogen-bond acceptors (Lipinski definition) is 3. The first-order valence-electron chi connectivity index (χ1n) is 6.30. The molecule has 0 spiro atoms. The molecule has 2 N–H and O–H groups in total. The van der Waals surface area contributed by atoms with Gasteiger partial charge in [0.05, 0.1) is 7.11 Å². The van der Waals surface area contributed by atoms with Crippen LogP contribution in [0.25, 0.3) is 0 Å². The van der Waals surface area contributed by atoms with Crippen LogP contribution in [0.4, 0.5) is 0 Å². The van der Waals surface area contributed by atoms with Crippen LogP contribution in [-0.2, 0) is 6.61 Å². The van der Waals surface area contributed by atoms with Crippen molar-refractivity contribution < 1.29 is 9.47 Å². The summed E-state index contributed by atoms with van der Waals surface area (Å²) < 4.78 is 10.9. The topological polar surface area (TPSA) is 44.5 Å². The Morgan fingerprint density at radius 1 is 1.05 bits per heavy atom. The highest BCUT2D eigenvalue weighted by molar-refractivity contribution is 5.31. The fourth-order valence-corrected chi connectivity index (χ4v) is 1.80. The van der Waals surface area contributed by atoms with Gasteiger partial charge in [0.1, 0.15) is 18.1 Å². The molecule has 0 aliphatic rings. The molecule has 0 aliphatic heterocycles. The molecule has 0 bridgehead atoms. The molecule has 2 aromatic carbocycles. The zero-order valence-electron chi connectivity index (χ0n) is 11.3. The van der Waals surface area contributed by atoms with Crippen molar-refractivity contribution in [3.8, 4) is 11.5 Å². The second kappa shape index (κ2) is 6.25. The van der Waals surface area contributed by atoms with E-state index in [1.54, 1.807) is 7.11 Å². The van der Waals surface area contributed by atoms with Crippen molar-refractivity contribution in [2.75, 3.05) is 7.11 Å². The van der Waals surface area contributed by atoms with Crippen molar-refractivity contribution in [1.29, 1.82) is 0 Å². The van der Waals surface area contributed by atoms with E-state index >= 15 is 0 Å². The van der Waals surface area contributed by atoms with Crippen molar-refractivity contribution in [1.82, 2.24) is 0 Å². The highest BCUT2D eigenvalue weighted by atomic mass is 16.5. The minimum absolute atomic E-state index is 0.0486. The van der Waals surface area contributed by atoms with Crippen molar-refractivity contribution in [2.24, 2.45) is 5.73 Å². The SMILES string of the molecule is COc1cccc(COc2ccc([C@H](C)N)cc2)c1. The van der Waals surface area contributed by atoms with Crippen LogP contribution in [0.2, 0.25) is 0 Å². The Morgan fingerprint density at radius 3 is 2.42 bits per heavy atom. The first kappa shape index (κ1) is 13.4. The third-order valence-electron chi connectivity index (χ3n) is 2.95. The van der Waals surface area contributed by atoms with E-state index in [9.17, 15) is 0 Å². The van der Waals surface area contributed by atoms with Crippen LogP contribution in [-0.4, -0.2) is 7.11 Å². The molecular formula is C16H19NO2. The summed E-state index contributed by atoms with van der Waals surface area (Å²) in [4.78, 5) is 0. The van der Waals surface area contributed by atoms with E-state index in [4.69, 9.17) is 15.2 Å². The fraction of sp³-hybridized carbons (Fsp3) is 0.250. The van der Waals surface area contributed by atoms with Gasteiger partial charge in [0, 0.05) is 6.04 Å². The molecule has 0 saturated carbocycles. The normalized spacial score (nSPS) is 11.9. The summed E-state index contributed by atoms with van der Waals surface area (Å²) in [6, 6.07) is 15.8. The molecule has 0 saturated heterocycles. The lowest BCUT2D eigenvalue weighted by Crippen LogP contribution is -2.04. The summed E-state index contributed by atoms with van der Waals surface area (Å²) in [5.74, 6) is 1.68. The lowest BCUT2D eigenvalue weighted by Gasteiger charge is -2.09. The van der Waals surface area contributed by atoms with Crippen LogP contribution in [0.3, 0.4) is 0 Å². The number of ether oxygens (including phenoxy) is 2. The van der Waals surface area contributed by atoms with Gasteiger partial charge in [-0.3, -0.25) is 0 Å². The van der Waals surface area contributed by atoms with Gasteiger partial charge in [-0.1, -0.05) is 24.3 Å². The average Bonchev–Trinajstić information content (AvgIpc) is 2.46. The zero-order valence-corrected chi connectivity index (χ0v) is 11.3. The largest absolute Gasteiger partial charge is 0.497 e. The van der Waals surface area contributed by atoms with Gasteiger partial charge in [-0.05, 0) is 42.3 Å². The van der Waals surface area contributed by atoms with E-state index in [2.05, 4.69) is 0 Å². The van der Waals surface area contributed by atoms with Crippen LogP contribution in [0.1, 0.15) is 24.1 Å². The molecular weight excluding hydrogens is 238 g/mol. The predicted molar refractivity (Wildman–Crippen MR) is 76.4 cm³/mol. The molecule has 0 fully saturated rings. The first-order valence-corrected chi connectivity index (χ1v) is 6.30. The number of rotatable bonds is 5. The summed E-state index contributed by atoms with van der Waals surface area (Å²) in [7, 11) is 1.66. The second-order valence-corrected chi connectivity index (χ2v) is 4.50. The molecule has 3 nitrogen and oxygen atoms in total. The van der Waals surface area contributed by atoms with E-state index in [1.807, 2.05) is 55.5 Å². The van der Waals surface area contributed by atoms with Gasteiger partial charge in [0.2, 0.25) is 0 Å². The molecule has 100 valence electrons. The molecule has 2 aromatic rings. The minimum Gasteiger partial charge on any atom is -0.497 e. The highest BCUT2D eigenvalue weighted by Gasteiger charge is 2.01. The maximum atomic E-state index is 5.81. The molecule has 3 heteroatoms. The summed E-state index contributed by atoms with van der Waals surface area (Å²) in [5, 5.41) is 0. The second-order valence-electron chi connectivity index (χ2n) is 4.50. The molecule has 0 heterocycles. The predicted octanol–water partition coefficient (Wildman–Crippen LogP) is 3.29. The van der Waals surface area contributed by atoms with E-state index in [1.165, 1.54) is 0 Å². The van der Waals surface area contributed by atoms with Crippen LogP contribution in [0, 0.1) is 0 Å². The van der Waals surface area contributed by atoms with Crippen LogP contribution >= 0.6 is 0 Å². The molecule has 19 heavy (non-hydrogen) atoms. The molecule has 1 atom stereocenters. The molecule has 0 aliphatic carbocycles. The van der Waals surface area contributed by atoms with Crippen molar-refractivity contribution in [2.45, 2.75) is 19.6 Å². The van der Waals surface area contributed by atoms with Gasteiger partial charge in [-0.25, -0.2) is 0 Å². The smallest absolute Gasteiger partial charge is 0.119 e. The van der Waals surface area contributed by atoms with Crippen molar-refractivity contribution in [3.63, 3.8) is 0 Å². The molecule has 0 aromatic heterocycles. The highest BCUT2D eigenvalue weighted by Crippen LogP contribution is 2.18. The zero-order chi connectivity index (χ0) is 13.7. The summed E-state index contributed by atoms with van der Waals surface area (Å²) >= 11 is 0. The lowest BCUT2D eigenvalue weighted by molar-refractivity contribution is 0.305. The third-order valence-corrected chi connectivity index (χ3v) is 2.95. The number of nitrogens with two attached hydrogens (primary N) is 1. The Bertz CT molecular complexity index is 521. The van der Waals surface area contributed by atoms with Crippen LogP contribution in [0.15, 0.2) is 48.5 Å². The Kier molecular flexibility index (Phi) is 4.42. The Morgan fingerprint density at radius 2 is 1.79 bits per heavy atom. The maximum Gasteiger partial charge on any atom is 0.119 e. The first-order chi connectivity index (χ1) is 9.19. The van der Waals surface area contributed by atoms with E-state index in [-0.39, 0.29) is 6.04 Å². The van der Waals surface area contributed by atoms with Gasteiger partial charge in [-0.2, -0.15) is 0 Å². The molecule has 0 radical (unpaired) electrons. The van der Waals surface area contributed by atoms with Crippen molar-refractivity contribution in [3.05, 3.63) is 59.7 Å². The van der Waals surface area contributed by atoms with Crippen molar-refractivity contribution >= 4 is 0 Å². The van der Waals surface area contributed by atoms with Gasteiger partial charge >= 0.3 is 0 Å². The van der Waals surface area contributed by atoms with E-state index in [0.29, 0.717) is 6.61 Å². The maximum absolute atomic E-state index is 5.81. The summed E-state index contributed by atoms with van der Waals surface area (Å²) in [6.45, 7) is 2.49. The standard InChI is InChI=1S/C16H19NO2/c1-12(17)14-6-8-15(9-7-14)19-11-13-4-3-5-16(10-13)18-2/h3-10,12H,11,17H2,1-2H3/t12-/m0/s1. The number of benzene rings is 2. The van der Waals surface area contributed by atoms with E-state index < -0.39 is 0 Å². The fourth-order valence-electron chi connectivity index (χ4n) is 1.80. The van der Waals surface area contributed by atoms with Crippen LogP contribution < -0.4 is 15.2 Å². The Labute approximate surface area is 114 Å². The Hall–Kier alpha value is -2.00. The average molecular weight is 257 g/mol. The molecule has 2 rings (SSSR count). The Balaban J connectivity index is 1.98. The number of hydrogen-bond donors (Lipinski definition) is 1. The number of methoxy groups -OCH3 is 1. The lowest BCUT2D eigenvalue weighted by atomic mass is 10.1. The van der Waals surface area contributed by atoms with Gasteiger partial charge < -0.3 is 15.2 Å². The van der Waals surface area contributed by atoms with Gasteiger partial charge in [0.25, 0.3) is 0 Å². The van der Waals surface area contributed by atoms with Crippen LogP contribution in [0.5, 0.6) is 11.5 Å². The van der Waals surface area contributed by atoms with E-state index in [0.717, 1.165) is 22.6 Å². The summed E-state index contributed by atoms with van der Waals surface area (Å²) in [5.41, 5.74) is 7.99. The van der Waals surface area contributed by atoms with Gasteiger partial charge in [-0.15, -0.1) is 0 Å². The molecule has 0 unspecified atom stereocenters.